The molecule has 19 heavy (non-hydrogen) atoms. The van der Waals surface area contributed by atoms with Gasteiger partial charge in [0.05, 0.1) is 14.6 Å². The van der Waals surface area contributed by atoms with E-state index in [0.717, 1.165) is 9.35 Å². The van der Waals surface area contributed by atoms with E-state index in [1.54, 1.807) is 24.3 Å². The third-order valence-corrected chi connectivity index (χ3v) is 4.03. The van der Waals surface area contributed by atoms with E-state index >= 15 is 0 Å². The Balaban J connectivity index is 2.10. The van der Waals surface area contributed by atoms with Crippen molar-refractivity contribution in [3.05, 3.63) is 62.3 Å². The molecule has 1 aromatic heterocycles. The minimum absolute atomic E-state index is 0.0836. The Hall–Kier alpha value is -1.72. The molecule has 0 fully saturated rings. The van der Waals surface area contributed by atoms with Gasteiger partial charge in [0, 0.05) is 0 Å². The molecule has 0 saturated carbocycles. The number of carbonyl (C=O) groups excluding carboxylic acids is 2. The molecule has 5 heteroatoms. The van der Waals surface area contributed by atoms with Gasteiger partial charge in [-0.2, -0.15) is 0 Å². The molecule has 0 saturated heterocycles. The lowest BCUT2D eigenvalue weighted by Crippen LogP contribution is -2.21. The number of carbonyl (C=O) groups is 2. The van der Waals surface area contributed by atoms with E-state index in [1.165, 1.54) is 29.5 Å². The maximum atomic E-state index is 11.8. The van der Waals surface area contributed by atoms with Crippen LogP contribution in [0.3, 0.4) is 0 Å². The molecule has 0 atom stereocenters. The molecule has 0 aliphatic carbocycles. The molecule has 96 valence electrons. The monoisotopic (exact) mass is 335 g/mol. The van der Waals surface area contributed by atoms with Crippen LogP contribution in [-0.4, -0.2) is 11.8 Å². The Morgan fingerprint density at radius 2 is 1.79 bits per heavy atom. The predicted molar refractivity (Wildman–Crippen MR) is 76.2 cm³/mol. The second-order valence-electron chi connectivity index (χ2n) is 3.71. The number of ketones is 1. The molecule has 0 N–H and O–H groups in total. The lowest BCUT2D eigenvalue weighted by molar-refractivity contribution is -0.255. The highest BCUT2D eigenvalue weighted by molar-refractivity contribution is 9.11. The number of thiophene rings is 1. The molecule has 0 radical (unpaired) electrons. The van der Waals surface area contributed by atoms with Gasteiger partial charge in [-0.15, -0.1) is 11.3 Å². The summed E-state index contributed by atoms with van der Waals surface area (Å²) in [4.78, 5) is 23.0. The largest absolute Gasteiger partial charge is 0.545 e. The Kier molecular flexibility index (Phi) is 4.29. The first-order chi connectivity index (χ1) is 9.06. The standard InChI is InChI=1S/C14H9BrO3S/c15-13-8-7-12(19-13)11(16)6-3-9-1-4-10(5-2-9)14(17)18/h1-8H,(H,17,18)/p-1/b6-3+. The smallest absolute Gasteiger partial charge is 0.195 e. The van der Waals surface area contributed by atoms with Crippen LogP contribution in [0.5, 0.6) is 0 Å². The first-order valence-electron chi connectivity index (χ1n) is 5.35. The van der Waals surface area contributed by atoms with E-state index in [1.807, 2.05) is 6.07 Å². The lowest BCUT2D eigenvalue weighted by Gasteiger charge is -2.01. The molecular weight excluding hydrogens is 328 g/mol. The van der Waals surface area contributed by atoms with Crippen LogP contribution in [-0.2, 0) is 0 Å². The van der Waals surface area contributed by atoms with Crippen LogP contribution in [0.4, 0.5) is 0 Å². The van der Waals surface area contributed by atoms with Crippen molar-refractivity contribution in [1.29, 1.82) is 0 Å². The molecule has 0 unspecified atom stereocenters. The summed E-state index contributed by atoms with van der Waals surface area (Å²) in [6, 6.07) is 9.71. The van der Waals surface area contributed by atoms with Gasteiger partial charge in [0.2, 0.25) is 0 Å². The van der Waals surface area contributed by atoms with Gasteiger partial charge in [-0.3, -0.25) is 4.79 Å². The number of benzene rings is 1. The van der Waals surface area contributed by atoms with Crippen molar-refractivity contribution in [2.24, 2.45) is 0 Å². The zero-order valence-electron chi connectivity index (χ0n) is 9.63. The summed E-state index contributed by atoms with van der Waals surface area (Å²) in [6.07, 6.45) is 3.11. The van der Waals surface area contributed by atoms with E-state index in [0.29, 0.717) is 4.88 Å². The number of carboxylic acid groups (broad SMARTS) is 1. The van der Waals surface area contributed by atoms with Crippen LogP contribution in [0.15, 0.2) is 46.3 Å². The molecule has 1 heterocycles. The second kappa shape index (κ2) is 5.95. The summed E-state index contributed by atoms with van der Waals surface area (Å²) in [6.45, 7) is 0. The lowest BCUT2D eigenvalue weighted by atomic mass is 10.1. The minimum atomic E-state index is -1.21. The molecule has 0 aliphatic rings. The van der Waals surface area contributed by atoms with Crippen LogP contribution in [0, 0.1) is 0 Å². The summed E-state index contributed by atoms with van der Waals surface area (Å²) in [5, 5.41) is 10.6. The predicted octanol–water partition coefficient (Wildman–Crippen LogP) is 2.77. The number of halogens is 1. The van der Waals surface area contributed by atoms with Gasteiger partial charge in [-0.25, -0.2) is 0 Å². The zero-order valence-corrected chi connectivity index (χ0v) is 12.0. The van der Waals surface area contributed by atoms with E-state index in [2.05, 4.69) is 15.9 Å². The summed E-state index contributed by atoms with van der Waals surface area (Å²) in [5.74, 6) is -1.30. The van der Waals surface area contributed by atoms with Gasteiger partial charge >= 0.3 is 0 Å². The molecule has 1 aromatic carbocycles. The summed E-state index contributed by atoms with van der Waals surface area (Å²) in [5.41, 5.74) is 0.875. The van der Waals surface area contributed by atoms with Gasteiger partial charge < -0.3 is 9.90 Å². The molecule has 0 bridgehead atoms. The van der Waals surface area contributed by atoms with Crippen molar-refractivity contribution < 1.29 is 14.7 Å². The van der Waals surface area contributed by atoms with Crippen LogP contribution >= 0.6 is 27.3 Å². The number of aromatic carboxylic acids is 1. The first kappa shape index (κ1) is 13.7. The van der Waals surface area contributed by atoms with Crippen LogP contribution < -0.4 is 5.11 Å². The van der Waals surface area contributed by atoms with E-state index in [-0.39, 0.29) is 11.3 Å². The Labute approximate surface area is 122 Å². The molecule has 3 nitrogen and oxygen atoms in total. The average molecular weight is 336 g/mol. The van der Waals surface area contributed by atoms with E-state index in [4.69, 9.17) is 0 Å². The van der Waals surface area contributed by atoms with Gasteiger partial charge in [0.1, 0.15) is 0 Å². The van der Waals surface area contributed by atoms with Crippen molar-refractivity contribution in [3.8, 4) is 0 Å². The molecule has 2 rings (SSSR count). The van der Waals surface area contributed by atoms with Gasteiger partial charge in [0.15, 0.2) is 5.78 Å². The fourth-order valence-corrected chi connectivity index (χ4v) is 2.74. The van der Waals surface area contributed by atoms with Crippen molar-refractivity contribution in [2.45, 2.75) is 0 Å². The van der Waals surface area contributed by atoms with Gasteiger partial charge in [-0.05, 0) is 45.3 Å². The zero-order chi connectivity index (χ0) is 13.8. The van der Waals surface area contributed by atoms with Crippen LogP contribution in [0.2, 0.25) is 0 Å². The maximum absolute atomic E-state index is 11.8. The van der Waals surface area contributed by atoms with Crippen molar-refractivity contribution >= 4 is 45.1 Å². The molecule has 0 spiro atoms. The third kappa shape index (κ3) is 3.62. The van der Waals surface area contributed by atoms with E-state index < -0.39 is 5.97 Å². The van der Waals surface area contributed by atoms with Crippen molar-refractivity contribution in [2.75, 3.05) is 0 Å². The molecule has 0 amide bonds. The number of rotatable bonds is 4. The Bertz CT molecular complexity index is 641. The highest BCUT2D eigenvalue weighted by Crippen LogP contribution is 2.22. The van der Waals surface area contributed by atoms with Gasteiger partial charge in [-0.1, -0.05) is 30.3 Å². The van der Waals surface area contributed by atoms with E-state index in [9.17, 15) is 14.7 Å². The Morgan fingerprint density at radius 1 is 1.11 bits per heavy atom. The van der Waals surface area contributed by atoms with Crippen molar-refractivity contribution in [1.82, 2.24) is 0 Å². The fraction of sp³-hybridized carbons (Fsp3) is 0. The van der Waals surface area contributed by atoms with Crippen LogP contribution in [0.25, 0.3) is 6.08 Å². The van der Waals surface area contributed by atoms with Crippen LogP contribution in [0.1, 0.15) is 25.6 Å². The summed E-state index contributed by atoms with van der Waals surface area (Å²) < 4.78 is 0.905. The fourth-order valence-electron chi connectivity index (χ4n) is 1.43. The quantitative estimate of drug-likeness (QED) is 0.637. The minimum Gasteiger partial charge on any atom is -0.545 e. The highest BCUT2D eigenvalue weighted by Gasteiger charge is 2.04. The van der Waals surface area contributed by atoms with Gasteiger partial charge in [0.25, 0.3) is 0 Å². The average Bonchev–Trinajstić information content (AvgIpc) is 2.83. The number of hydrogen-bond donors (Lipinski definition) is 0. The van der Waals surface area contributed by atoms with Crippen molar-refractivity contribution in [3.63, 3.8) is 0 Å². The Morgan fingerprint density at radius 3 is 2.32 bits per heavy atom. The summed E-state index contributed by atoms with van der Waals surface area (Å²) in [7, 11) is 0. The normalized spacial score (nSPS) is 10.8. The first-order valence-corrected chi connectivity index (χ1v) is 6.96. The molecule has 2 aromatic rings. The summed E-state index contributed by atoms with van der Waals surface area (Å²) >= 11 is 4.67. The molecule has 0 aliphatic heterocycles. The second-order valence-corrected chi connectivity index (χ2v) is 6.17. The highest BCUT2D eigenvalue weighted by atomic mass is 79.9. The topological polar surface area (TPSA) is 57.2 Å². The number of carboxylic acids is 1. The molecular formula is C14H8BrO3S-. The number of hydrogen-bond acceptors (Lipinski definition) is 4. The number of allylic oxidation sites excluding steroid dienone is 1. The maximum Gasteiger partial charge on any atom is 0.195 e. The SMILES string of the molecule is O=C([O-])c1ccc(/C=C/C(=O)c2ccc(Br)s2)cc1. The third-order valence-electron chi connectivity index (χ3n) is 2.39.